The lowest BCUT2D eigenvalue weighted by Gasteiger charge is -2.06. The normalized spacial score (nSPS) is 10.8. The van der Waals surface area contributed by atoms with Crippen LogP contribution in [0.5, 0.6) is 0 Å². The Hall–Kier alpha value is -2.63. The highest BCUT2D eigenvalue weighted by Crippen LogP contribution is 2.26. The van der Waals surface area contributed by atoms with E-state index < -0.39 is 0 Å². The van der Waals surface area contributed by atoms with Crippen LogP contribution in [0.3, 0.4) is 0 Å². The quantitative estimate of drug-likeness (QED) is 0.760. The molecule has 0 aliphatic rings. The van der Waals surface area contributed by atoms with Crippen LogP contribution in [0.2, 0.25) is 0 Å². The van der Waals surface area contributed by atoms with Crippen LogP contribution < -0.4 is 0 Å². The van der Waals surface area contributed by atoms with Crippen LogP contribution in [0, 0.1) is 0 Å². The number of amides is 1. The number of furan rings is 1. The van der Waals surface area contributed by atoms with Crippen LogP contribution in [0.4, 0.5) is 0 Å². The summed E-state index contributed by atoms with van der Waals surface area (Å²) in [5.74, 6) is 0.118. The van der Waals surface area contributed by atoms with Gasteiger partial charge in [0.15, 0.2) is 5.76 Å². The van der Waals surface area contributed by atoms with Crippen molar-refractivity contribution < 1.29 is 9.21 Å². The SMILES string of the molecule is CN(C)C(=O)c1cc(-c2ncnc3[nH]ccc23)co1. The molecular weight excluding hydrogens is 244 g/mol. The van der Waals surface area contributed by atoms with E-state index in [0.29, 0.717) is 5.76 Å². The molecule has 0 aliphatic carbocycles. The summed E-state index contributed by atoms with van der Waals surface area (Å²) in [6.07, 6.45) is 4.81. The highest BCUT2D eigenvalue weighted by atomic mass is 16.3. The average molecular weight is 256 g/mol. The van der Waals surface area contributed by atoms with E-state index in [1.54, 1.807) is 26.4 Å². The molecule has 0 spiro atoms. The van der Waals surface area contributed by atoms with Crippen molar-refractivity contribution in [1.82, 2.24) is 19.9 Å². The minimum Gasteiger partial charge on any atom is -0.458 e. The van der Waals surface area contributed by atoms with Crippen LogP contribution in [0.25, 0.3) is 22.3 Å². The number of aromatic amines is 1. The Balaban J connectivity index is 2.08. The van der Waals surface area contributed by atoms with Gasteiger partial charge < -0.3 is 14.3 Å². The molecule has 1 amide bonds. The van der Waals surface area contributed by atoms with Gasteiger partial charge in [0.25, 0.3) is 5.91 Å². The number of hydrogen-bond donors (Lipinski definition) is 1. The maximum atomic E-state index is 11.8. The largest absolute Gasteiger partial charge is 0.458 e. The summed E-state index contributed by atoms with van der Waals surface area (Å²) < 4.78 is 5.31. The van der Waals surface area contributed by atoms with Gasteiger partial charge in [0.05, 0.1) is 5.69 Å². The summed E-state index contributed by atoms with van der Waals surface area (Å²) in [6.45, 7) is 0. The summed E-state index contributed by atoms with van der Waals surface area (Å²) in [6, 6.07) is 3.59. The van der Waals surface area contributed by atoms with E-state index in [4.69, 9.17) is 4.42 Å². The number of carbonyl (C=O) groups is 1. The second-order valence-corrected chi connectivity index (χ2v) is 4.36. The molecule has 1 N–H and O–H groups in total. The summed E-state index contributed by atoms with van der Waals surface area (Å²) >= 11 is 0. The van der Waals surface area contributed by atoms with E-state index in [-0.39, 0.29) is 5.91 Å². The molecule has 6 nitrogen and oxygen atoms in total. The van der Waals surface area contributed by atoms with Gasteiger partial charge in [0, 0.05) is 31.2 Å². The zero-order chi connectivity index (χ0) is 13.4. The molecule has 19 heavy (non-hydrogen) atoms. The van der Waals surface area contributed by atoms with E-state index in [0.717, 1.165) is 22.3 Å². The number of H-pyrrole nitrogens is 1. The number of aromatic nitrogens is 3. The minimum atomic E-state index is -0.175. The molecule has 3 aromatic rings. The lowest BCUT2D eigenvalue weighted by atomic mass is 10.1. The third-order valence-electron chi connectivity index (χ3n) is 2.84. The molecule has 0 saturated carbocycles. The van der Waals surface area contributed by atoms with Gasteiger partial charge in [-0.25, -0.2) is 9.97 Å². The van der Waals surface area contributed by atoms with Gasteiger partial charge in [-0.05, 0) is 12.1 Å². The smallest absolute Gasteiger partial charge is 0.289 e. The fourth-order valence-corrected chi connectivity index (χ4v) is 1.90. The zero-order valence-electron chi connectivity index (χ0n) is 10.5. The molecular formula is C13H12N4O2. The molecule has 0 fully saturated rings. The molecule has 0 unspecified atom stereocenters. The van der Waals surface area contributed by atoms with Crippen LogP contribution in [-0.4, -0.2) is 39.9 Å². The predicted octanol–water partition coefficient (Wildman–Crippen LogP) is 1.92. The number of nitrogens with zero attached hydrogens (tertiary/aromatic N) is 3. The summed E-state index contributed by atoms with van der Waals surface area (Å²) in [7, 11) is 3.36. The van der Waals surface area contributed by atoms with Crippen molar-refractivity contribution in [3.8, 4) is 11.3 Å². The van der Waals surface area contributed by atoms with E-state index in [1.807, 2.05) is 6.07 Å². The third-order valence-corrected chi connectivity index (χ3v) is 2.84. The van der Waals surface area contributed by atoms with Crippen molar-refractivity contribution in [2.24, 2.45) is 0 Å². The summed E-state index contributed by atoms with van der Waals surface area (Å²) in [5.41, 5.74) is 2.26. The van der Waals surface area contributed by atoms with E-state index >= 15 is 0 Å². The predicted molar refractivity (Wildman–Crippen MR) is 69.6 cm³/mol. The fourth-order valence-electron chi connectivity index (χ4n) is 1.90. The topological polar surface area (TPSA) is 75.0 Å². The lowest BCUT2D eigenvalue weighted by Crippen LogP contribution is -2.20. The molecule has 0 atom stereocenters. The van der Waals surface area contributed by atoms with Crippen molar-refractivity contribution in [1.29, 1.82) is 0 Å². The molecule has 0 aromatic carbocycles. The Morgan fingerprint density at radius 1 is 1.37 bits per heavy atom. The zero-order valence-corrected chi connectivity index (χ0v) is 10.5. The maximum Gasteiger partial charge on any atom is 0.289 e. The molecule has 3 heterocycles. The van der Waals surface area contributed by atoms with Crippen molar-refractivity contribution in [3.63, 3.8) is 0 Å². The Morgan fingerprint density at radius 3 is 3.00 bits per heavy atom. The van der Waals surface area contributed by atoms with Gasteiger partial charge in [0.1, 0.15) is 18.2 Å². The standard InChI is InChI=1S/C13H12N4O2/c1-17(2)13(18)10-5-8(6-19-10)11-9-3-4-14-12(9)16-7-15-11/h3-7H,1-2H3,(H,14,15,16). The minimum absolute atomic E-state index is 0.175. The van der Waals surface area contributed by atoms with Crippen LogP contribution in [0.1, 0.15) is 10.6 Å². The van der Waals surface area contributed by atoms with Gasteiger partial charge in [-0.15, -0.1) is 0 Å². The molecule has 6 heteroatoms. The molecule has 3 aromatic heterocycles. The number of carbonyl (C=O) groups excluding carboxylic acids is 1. The van der Waals surface area contributed by atoms with Gasteiger partial charge in [-0.3, -0.25) is 4.79 Å². The van der Waals surface area contributed by atoms with Crippen molar-refractivity contribution in [2.75, 3.05) is 14.1 Å². The molecule has 0 aliphatic heterocycles. The molecule has 0 bridgehead atoms. The van der Waals surface area contributed by atoms with Crippen LogP contribution >= 0.6 is 0 Å². The highest BCUT2D eigenvalue weighted by Gasteiger charge is 2.16. The lowest BCUT2D eigenvalue weighted by molar-refractivity contribution is 0.0797. The number of rotatable bonds is 2. The first-order valence-electron chi connectivity index (χ1n) is 5.75. The fraction of sp³-hybridized carbons (Fsp3) is 0.154. The Morgan fingerprint density at radius 2 is 2.21 bits per heavy atom. The third kappa shape index (κ3) is 1.87. The van der Waals surface area contributed by atoms with E-state index in [2.05, 4.69) is 15.0 Å². The summed E-state index contributed by atoms with van der Waals surface area (Å²) in [5, 5.41) is 0.896. The second-order valence-electron chi connectivity index (χ2n) is 4.36. The van der Waals surface area contributed by atoms with E-state index in [1.165, 1.54) is 17.5 Å². The van der Waals surface area contributed by atoms with E-state index in [9.17, 15) is 4.79 Å². The molecule has 3 rings (SSSR count). The Kier molecular flexibility index (Phi) is 2.56. The highest BCUT2D eigenvalue weighted by molar-refractivity contribution is 5.95. The molecule has 0 saturated heterocycles. The number of hydrogen-bond acceptors (Lipinski definition) is 4. The Labute approximate surface area is 109 Å². The first-order chi connectivity index (χ1) is 9.16. The number of nitrogens with one attached hydrogen (secondary N) is 1. The van der Waals surface area contributed by atoms with Crippen molar-refractivity contribution >= 4 is 16.9 Å². The van der Waals surface area contributed by atoms with Crippen molar-refractivity contribution in [2.45, 2.75) is 0 Å². The van der Waals surface area contributed by atoms with Crippen LogP contribution in [-0.2, 0) is 0 Å². The maximum absolute atomic E-state index is 11.8. The average Bonchev–Trinajstić information content (AvgIpc) is 3.06. The van der Waals surface area contributed by atoms with Gasteiger partial charge in [-0.2, -0.15) is 0 Å². The molecule has 0 radical (unpaired) electrons. The second kappa shape index (κ2) is 4.24. The monoisotopic (exact) mass is 256 g/mol. The first-order valence-corrected chi connectivity index (χ1v) is 5.75. The van der Waals surface area contributed by atoms with Gasteiger partial charge in [-0.1, -0.05) is 0 Å². The molecule has 96 valence electrons. The van der Waals surface area contributed by atoms with Gasteiger partial charge in [0.2, 0.25) is 0 Å². The van der Waals surface area contributed by atoms with Gasteiger partial charge >= 0.3 is 0 Å². The Bertz CT molecular complexity index is 742. The number of fused-ring (bicyclic) bond motifs is 1. The van der Waals surface area contributed by atoms with Crippen LogP contribution in [0.15, 0.2) is 35.3 Å². The summed E-state index contributed by atoms with van der Waals surface area (Å²) in [4.78, 5) is 24.7. The van der Waals surface area contributed by atoms with Crippen molar-refractivity contribution in [3.05, 3.63) is 36.7 Å². The first kappa shape index (κ1) is 11.5.